The van der Waals surface area contributed by atoms with Crippen molar-refractivity contribution in [2.45, 2.75) is 20.3 Å². The first kappa shape index (κ1) is 19.8. The predicted molar refractivity (Wildman–Crippen MR) is 116 cm³/mol. The molecule has 0 atom stereocenters. The molecule has 0 radical (unpaired) electrons. The van der Waals surface area contributed by atoms with E-state index in [0.29, 0.717) is 29.4 Å². The zero-order valence-electron chi connectivity index (χ0n) is 16.9. The fourth-order valence-electron chi connectivity index (χ4n) is 3.02. The van der Waals surface area contributed by atoms with Gasteiger partial charge in [0.15, 0.2) is 5.82 Å². The highest BCUT2D eigenvalue weighted by Gasteiger charge is 2.16. The maximum atomic E-state index is 12.8. The van der Waals surface area contributed by atoms with Gasteiger partial charge in [0.05, 0.1) is 19.4 Å². The minimum Gasteiger partial charge on any atom is -0.495 e. The summed E-state index contributed by atoms with van der Waals surface area (Å²) in [4.78, 5) is 13.5. The van der Waals surface area contributed by atoms with Crippen LogP contribution in [0.15, 0.2) is 42.5 Å². The van der Waals surface area contributed by atoms with Crippen molar-refractivity contribution in [3.8, 4) is 22.1 Å². The van der Waals surface area contributed by atoms with E-state index >= 15 is 0 Å². The van der Waals surface area contributed by atoms with Gasteiger partial charge in [-0.15, -0.1) is 10.2 Å². The van der Waals surface area contributed by atoms with E-state index in [1.54, 1.807) is 29.8 Å². The van der Waals surface area contributed by atoms with E-state index in [-0.39, 0.29) is 5.91 Å². The lowest BCUT2D eigenvalue weighted by molar-refractivity contribution is 0.102. The number of rotatable bonds is 7. The van der Waals surface area contributed by atoms with Crippen LogP contribution in [0, 0.1) is 0 Å². The maximum absolute atomic E-state index is 12.8. The molecule has 2 aromatic carbocycles. The second-order valence-corrected chi connectivity index (χ2v) is 7.36. The Labute approximate surface area is 177 Å². The van der Waals surface area contributed by atoms with Gasteiger partial charge in [-0.05, 0) is 43.3 Å². The second kappa shape index (κ2) is 8.50. The minimum atomic E-state index is -0.251. The van der Waals surface area contributed by atoms with Crippen LogP contribution in [0.4, 0.5) is 5.69 Å². The van der Waals surface area contributed by atoms with E-state index in [9.17, 15) is 4.79 Å². The summed E-state index contributed by atoms with van der Waals surface area (Å²) in [6, 6.07) is 12.6. The molecule has 8 nitrogen and oxygen atoms in total. The summed E-state index contributed by atoms with van der Waals surface area (Å²) in [5.74, 6) is 1.77. The van der Waals surface area contributed by atoms with Crippen LogP contribution in [0.5, 0.6) is 11.5 Å². The Bertz CT molecular complexity index is 1200. The van der Waals surface area contributed by atoms with E-state index in [1.165, 1.54) is 11.3 Å². The number of carbonyl (C=O) groups is 1. The van der Waals surface area contributed by atoms with Crippen molar-refractivity contribution in [2.24, 2.45) is 0 Å². The number of carbonyl (C=O) groups excluding carboxylic acids is 1. The number of hydrogen-bond acceptors (Lipinski definition) is 7. The Kier molecular flexibility index (Phi) is 5.62. The lowest BCUT2D eigenvalue weighted by atomic mass is 10.1. The van der Waals surface area contributed by atoms with Gasteiger partial charge in [-0.3, -0.25) is 4.79 Å². The van der Waals surface area contributed by atoms with Gasteiger partial charge in [0.1, 0.15) is 16.5 Å². The van der Waals surface area contributed by atoms with Crippen LogP contribution in [-0.2, 0) is 6.42 Å². The summed E-state index contributed by atoms with van der Waals surface area (Å²) in [6.07, 6.45) is 0.745. The van der Waals surface area contributed by atoms with Crippen molar-refractivity contribution in [1.29, 1.82) is 0 Å². The van der Waals surface area contributed by atoms with E-state index < -0.39 is 0 Å². The molecule has 2 aromatic heterocycles. The quantitative estimate of drug-likeness (QED) is 0.482. The second-order valence-electron chi connectivity index (χ2n) is 6.40. The summed E-state index contributed by atoms with van der Waals surface area (Å²) in [5.41, 5.74) is 1.91. The first-order chi connectivity index (χ1) is 14.6. The molecular formula is C21H21N5O3S. The fourth-order valence-corrected chi connectivity index (χ4v) is 3.88. The summed E-state index contributed by atoms with van der Waals surface area (Å²) in [6.45, 7) is 4.45. The Hall–Kier alpha value is -3.46. The number of anilines is 1. The Balaban J connectivity index is 1.64. The first-order valence-electron chi connectivity index (χ1n) is 9.56. The zero-order valence-corrected chi connectivity index (χ0v) is 17.7. The highest BCUT2D eigenvalue weighted by molar-refractivity contribution is 7.19. The van der Waals surface area contributed by atoms with Crippen LogP contribution in [-0.4, -0.2) is 39.4 Å². The third kappa shape index (κ3) is 3.84. The number of ether oxygens (including phenoxy) is 2. The number of amides is 1. The van der Waals surface area contributed by atoms with Crippen molar-refractivity contribution in [2.75, 3.05) is 19.0 Å². The van der Waals surface area contributed by atoms with Gasteiger partial charge in [-0.2, -0.15) is 9.61 Å². The highest BCUT2D eigenvalue weighted by atomic mass is 32.1. The molecule has 0 aliphatic carbocycles. The maximum Gasteiger partial charge on any atom is 0.255 e. The molecule has 9 heteroatoms. The largest absolute Gasteiger partial charge is 0.495 e. The number of nitrogens with zero attached hydrogens (tertiary/aromatic N) is 4. The monoisotopic (exact) mass is 423 g/mol. The number of hydrogen-bond donors (Lipinski definition) is 1. The van der Waals surface area contributed by atoms with Crippen molar-refractivity contribution in [1.82, 2.24) is 19.8 Å². The molecule has 0 aliphatic heterocycles. The molecule has 4 aromatic rings. The third-order valence-corrected chi connectivity index (χ3v) is 5.42. The molecule has 1 N–H and O–H groups in total. The van der Waals surface area contributed by atoms with Crippen LogP contribution in [0.2, 0.25) is 0 Å². The molecule has 1 amide bonds. The minimum absolute atomic E-state index is 0.251. The van der Waals surface area contributed by atoms with Gasteiger partial charge in [-0.1, -0.05) is 24.3 Å². The molecule has 0 spiro atoms. The summed E-state index contributed by atoms with van der Waals surface area (Å²) in [7, 11) is 1.57. The molecule has 0 saturated carbocycles. The van der Waals surface area contributed by atoms with E-state index in [4.69, 9.17) is 9.47 Å². The van der Waals surface area contributed by atoms with Crippen LogP contribution in [0.25, 0.3) is 15.5 Å². The van der Waals surface area contributed by atoms with Crippen molar-refractivity contribution in [3.63, 3.8) is 0 Å². The number of methoxy groups -OCH3 is 1. The molecule has 4 rings (SSSR count). The SMILES string of the molecule is CCOc1cccc(C(=O)Nc2cc(-c3nn4c(CC)nnc4s3)ccc2OC)c1. The van der Waals surface area contributed by atoms with Crippen LogP contribution in [0.1, 0.15) is 30.0 Å². The van der Waals surface area contributed by atoms with Gasteiger partial charge in [0.25, 0.3) is 5.91 Å². The molecular weight excluding hydrogens is 402 g/mol. The van der Waals surface area contributed by atoms with Crippen molar-refractivity contribution >= 4 is 27.9 Å². The molecule has 0 unspecified atom stereocenters. The molecule has 0 aliphatic rings. The normalized spacial score (nSPS) is 10.9. The molecule has 0 saturated heterocycles. The number of nitrogens with one attached hydrogen (secondary N) is 1. The molecule has 0 bridgehead atoms. The van der Waals surface area contributed by atoms with Crippen LogP contribution < -0.4 is 14.8 Å². The van der Waals surface area contributed by atoms with Crippen molar-refractivity contribution in [3.05, 3.63) is 53.9 Å². The topological polar surface area (TPSA) is 90.6 Å². The molecule has 0 fully saturated rings. The highest BCUT2D eigenvalue weighted by Crippen LogP contribution is 2.33. The van der Waals surface area contributed by atoms with Gasteiger partial charge in [0.2, 0.25) is 4.96 Å². The molecule has 30 heavy (non-hydrogen) atoms. The fraction of sp³-hybridized carbons (Fsp3) is 0.238. The lowest BCUT2D eigenvalue weighted by Crippen LogP contribution is -2.13. The standard InChI is InChI=1S/C21H21N5O3S/c1-4-18-23-24-21-26(18)25-20(30-21)14-9-10-17(28-3)16(12-14)22-19(27)13-7-6-8-15(11-13)29-5-2/h6-12H,4-5H2,1-3H3,(H,22,27). The summed E-state index contributed by atoms with van der Waals surface area (Å²) >= 11 is 1.44. The Morgan fingerprint density at radius 3 is 2.80 bits per heavy atom. The Morgan fingerprint density at radius 2 is 2.03 bits per heavy atom. The number of aromatic nitrogens is 4. The number of fused-ring (bicyclic) bond motifs is 1. The first-order valence-corrected chi connectivity index (χ1v) is 10.4. The predicted octanol–water partition coefficient (Wildman–Crippen LogP) is 4.07. The summed E-state index contributed by atoms with van der Waals surface area (Å²) in [5, 5.41) is 16.6. The van der Waals surface area contributed by atoms with Gasteiger partial charge >= 0.3 is 0 Å². The van der Waals surface area contributed by atoms with Gasteiger partial charge < -0.3 is 14.8 Å². The third-order valence-electron chi connectivity index (χ3n) is 4.47. The van der Waals surface area contributed by atoms with Crippen molar-refractivity contribution < 1.29 is 14.3 Å². The number of aryl methyl sites for hydroxylation is 1. The van der Waals surface area contributed by atoms with E-state index in [1.807, 2.05) is 38.1 Å². The summed E-state index contributed by atoms with van der Waals surface area (Å²) < 4.78 is 12.7. The van der Waals surface area contributed by atoms with Gasteiger partial charge in [0, 0.05) is 17.5 Å². The molecule has 2 heterocycles. The lowest BCUT2D eigenvalue weighted by Gasteiger charge is -2.12. The van der Waals surface area contributed by atoms with E-state index in [2.05, 4.69) is 20.6 Å². The average Bonchev–Trinajstić information content (AvgIpc) is 3.35. The zero-order chi connectivity index (χ0) is 21.1. The van der Waals surface area contributed by atoms with E-state index in [0.717, 1.165) is 27.8 Å². The number of benzene rings is 2. The Morgan fingerprint density at radius 1 is 1.17 bits per heavy atom. The van der Waals surface area contributed by atoms with Crippen LogP contribution in [0.3, 0.4) is 0 Å². The van der Waals surface area contributed by atoms with Gasteiger partial charge in [-0.25, -0.2) is 0 Å². The average molecular weight is 423 g/mol. The smallest absolute Gasteiger partial charge is 0.255 e. The van der Waals surface area contributed by atoms with Crippen LogP contribution >= 0.6 is 11.3 Å². The molecule has 154 valence electrons.